The van der Waals surface area contributed by atoms with Crippen molar-refractivity contribution in [2.75, 3.05) is 6.61 Å². The molecule has 0 aromatic heterocycles. The van der Waals surface area contributed by atoms with Gasteiger partial charge in [0.25, 0.3) is 0 Å². The molecule has 2 N–H and O–H groups in total. The molecule has 0 saturated heterocycles. The van der Waals surface area contributed by atoms with E-state index < -0.39 is 6.29 Å². The van der Waals surface area contributed by atoms with Crippen LogP contribution in [0.1, 0.15) is 64.7 Å². The molecule has 0 rings (SSSR count). The Labute approximate surface area is 105 Å². The van der Waals surface area contributed by atoms with Gasteiger partial charge in [0.05, 0.1) is 0 Å². The number of rotatable bonds is 10. The van der Waals surface area contributed by atoms with Gasteiger partial charge in [0.2, 0.25) is 6.29 Å². The average Bonchev–Trinajstić information content (AvgIpc) is 2.34. The van der Waals surface area contributed by atoms with E-state index in [1.807, 2.05) is 0 Å². The molecule has 0 heterocycles. The maximum atomic E-state index is 9.24. The number of hydrogen-bond acceptors (Lipinski definition) is 3. The van der Waals surface area contributed by atoms with E-state index in [0.717, 1.165) is 12.8 Å². The van der Waals surface area contributed by atoms with Crippen LogP contribution < -0.4 is 0 Å². The monoisotopic (exact) mass is 242 g/mol. The standard InChI is InChI=1S/C14H26O3/c1-2-3-4-5-6-7-8-9-13-17-14(16)11-10-12-15/h14-16H,2-8,10-12H2,1H3. The van der Waals surface area contributed by atoms with Crippen LogP contribution in [0.15, 0.2) is 0 Å². The Morgan fingerprint density at radius 1 is 1.06 bits per heavy atom. The second-order valence-corrected chi connectivity index (χ2v) is 4.23. The van der Waals surface area contributed by atoms with Crippen molar-refractivity contribution in [2.45, 2.75) is 71.0 Å². The highest BCUT2D eigenvalue weighted by Crippen LogP contribution is 2.06. The number of unbranched alkanes of at least 4 members (excludes halogenated alkanes) is 6. The minimum Gasteiger partial charge on any atom is -0.415 e. The molecule has 0 radical (unpaired) electrons. The van der Waals surface area contributed by atoms with Crippen molar-refractivity contribution in [3.8, 4) is 12.0 Å². The second-order valence-electron chi connectivity index (χ2n) is 4.23. The van der Waals surface area contributed by atoms with Gasteiger partial charge in [0.1, 0.15) is 6.11 Å². The summed E-state index contributed by atoms with van der Waals surface area (Å²) in [6, 6.07) is 0. The molecular weight excluding hydrogens is 216 g/mol. The third-order valence-electron chi connectivity index (χ3n) is 2.53. The van der Waals surface area contributed by atoms with E-state index >= 15 is 0 Å². The molecule has 17 heavy (non-hydrogen) atoms. The summed E-state index contributed by atoms with van der Waals surface area (Å²) in [5.74, 6) is 2.89. The summed E-state index contributed by atoms with van der Waals surface area (Å²) in [4.78, 5) is 0. The minimum atomic E-state index is -0.862. The van der Waals surface area contributed by atoms with Gasteiger partial charge >= 0.3 is 0 Å². The summed E-state index contributed by atoms with van der Waals surface area (Å²) in [5, 5.41) is 17.8. The molecule has 0 aliphatic carbocycles. The molecule has 1 atom stereocenters. The lowest BCUT2D eigenvalue weighted by molar-refractivity contribution is -0.0482. The van der Waals surface area contributed by atoms with Crippen molar-refractivity contribution in [1.82, 2.24) is 0 Å². The molecule has 0 aromatic rings. The van der Waals surface area contributed by atoms with E-state index in [1.54, 1.807) is 0 Å². The zero-order valence-electron chi connectivity index (χ0n) is 11.0. The number of aliphatic hydroxyl groups excluding tert-OH is 2. The Balaban J connectivity index is 3.24. The Morgan fingerprint density at radius 3 is 2.47 bits per heavy atom. The Kier molecular flexibility index (Phi) is 12.8. The fraction of sp³-hybridized carbons (Fsp3) is 0.857. The maximum Gasteiger partial charge on any atom is 0.207 e. The van der Waals surface area contributed by atoms with Crippen LogP contribution >= 0.6 is 0 Å². The summed E-state index contributed by atoms with van der Waals surface area (Å²) in [5.41, 5.74) is 0. The normalized spacial score (nSPS) is 11.7. The van der Waals surface area contributed by atoms with Crippen molar-refractivity contribution >= 4 is 0 Å². The highest BCUT2D eigenvalue weighted by Gasteiger charge is 2.00. The Bertz CT molecular complexity index is 205. The van der Waals surface area contributed by atoms with Crippen LogP contribution in [0.2, 0.25) is 0 Å². The van der Waals surface area contributed by atoms with Crippen LogP contribution in [0.25, 0.3) is 0 Å². The van der Waals surface area contributed by atoms with Gasteiger partial charge < -0.3 is 14.9 Å². The molecule has 3 nitrogen and oxygen atoms in total. The zero-order chi connectivity index (χ0) is 12.8. The molecule has 3 heteroatoms. The fourth-order valence-corrected chi connectivity index (χ4v) is 1.48. The average molecular weight is 242 g/mol. The van der Waals surface area contributed by atoms with Gasteiger partial charge in [0.15, 0.2) is 0 Å². The third-order valence-corrected chi connectivity index (χ3v) is 2.53. The maximum absolute atomic E-state index is 9.24. The van der Waals surface area contributed by atoms with Crippen molar-refractivity contribution in [3.05, 3.63) is 0 Å². The molecule has 0 bridgehead atoms. The molecule has 100 valence electrons. The number of ether oxygens (including phenoxy) is 1. The van der Waals surface area contributed by atoms with E-state index in [0.29, 0.717) is 12.8 Å². The van der Waals surface area contributed by atoms with Gasteiger partial charge in [-0.15, -0.1) is 0 Å². The van der Waals surface area contributed by atoms with Gasteiger partial charge in [-0.25, -0.2) is 0 Å². The van der Waals surface area contributed by atoms with E-state index in [1.165, 1.54) is 32.1 Å². The van der Waals surface area contributed by atoms with E-state index in [2.05, 4.69) is 19.0 Å². The quantitative estimate of drug-likeness (QED) is 0.352. The Hall–Kier alpha value is -0.720. The highest BCUT2D eigenvalue weighted by atomic mass is 16.6. The summed E-state index contributed by atoms with van der Waals surface area (Å²) in [7, 11) is 0. The lowest BCUT2D eigenvalue weighted by Crippen LogP contribution is -2.08. The van der Waals surface area contributed by atoms with Gasteiger partial charge in [-0.2, -0.15) is 0 Å². The molecule has 0 fully saturated rings. The Morgan fingerprint density at radius 2 is 1.76 bits per heavy atom. The SMILES string of the molecule is CCCCCCCCC#COC(O)CCCO. The molecule has 0 aliphatic heterocycles. The van der Waals surface area contributed by atoms with Gasteiger partial charge in [-0.1, -0.05) is 44.9 Å². The molecule has 0 aromatic carbocycles. The van der Waals surface area contributed by atoms with E-state index in [4.69, 9.17) is 9.84 Å². The predicted molar refractivity (Wildman–Crippen MR) is 69.2 cm³/mol. The van der Waals surface area contributed by atoms with E-state index in [-0.39, 0.29) is 6.61 Å². The van der Waals surface area contributed by atoms with Crippen LogP contribution in [-0.2, 0) is 4.74 Å². The molecule has 0 aliphatic rings. The smallest absolute Gasteiger partial charge is 0.207 e. The predicted octanol–water partition coefficient (Wildman–Crippen LogP) is 2.81. The minimum absolute atomic E-state index is 0.0750. The van der Waals surface area contributed by atoms with Gasteiger partial charge in [0, 0.05) is 19.4 Å². The summed E-state index contributed by atoms with van der Waals surface area (Å²) in [6.07, 6.45) is 11.0. The van der Waals surface area contributed by atoms with E-state index in [9.17, 15) is 5.11 Å². The van der Waals surface area contributed by atoms with Crippen LogP contribution in [0, 0.1) is 12.0 Å². The van der Waals surface area contributed by atoms with Crippen LogP contribution in [0.4, 0.5) is 0 Å². The van der Waals surface area contributed by atoms with Crippen LogP contribution in [-0.4, -0.2) is 23.1 Å². The van der Waals surface area contributed by atoms with Gasteiger partial charge in [-0.3, -0.25) is 0 Å². The zero-order valence-corrected chi connectivity index (χ0v) is 11.0. The van der Waals surface area contributed by atoms with Crippen LogP contribution in [0.5, 0.6) is 0 Å². The first-order valence-electron chi connectivity index (χ1n) is 6.73. The third kappa shape index (κ3) is 13.2. The highest BCUT2D eigenvalue weighted by molar-refractivity contribution is 4.91. The fourth-order valence-electron chi connectivity index (χ4n) is 1.48. The topological polar surface area (TPSA) is 49.7 Å². The summed E-state index contributed by atoms with van der Waals surface area (Å²) < 4.78 is 4.87. The first kappa shape index (κ1) is 16.3. The molecule has 0 saturated carbocycles. The lowest BCUT2D eigenvalue weighted by Gasteiger charge is -2.05. The largest absolute Gasteiger partial charge is 0.415 e. The van der Waals surface area contributed by atoms with Crippen LogP contribution in [0.3, 0.4) is 0 Å². The summed E-state index contributed by atoms with van der Waals surface area (Å²) in [6.45, 7) is 2.29. The van der Waals surface area contributed by atoms with Crippen molar-refractivity contribution in [1.29, 1.82) is 0 Å². The molecule has 0 amide bonds. The summed E-state index contributed by atoms with van der Waals surface area (Å²) >= 11 is 0. The first-order chi connectivity index (χ1) is 8.31. The molecule has 1 unspecified atom stereocenters. The molecule has 0 spiro atoms. The van der Waals surface area contributed by atoms with Gasteiger partial charge in [-0.05, 0) is 12.8 Å². The molecular formula is C14H26O3. The van der Waals surface area contributed by atoms with Crippen molar-refractivity contribution in [2.24, 2.45) is 0 Å². The second kappa shape index (κ2) is 13.3. The first-order valence-corrected chi connectivity index (χ1v) is 6.73. The number of hydrogen-bond donors (Lipinski definition) is 2. The lowest BCUT2D eigenvalue weighted by atomic mass is 10.1. The number of aliphatic hydroxyl groups is 2. The van der Waals surface area contributed by atoms with Crippen molar-refractivity contribution in [3.63, 3.8) is 0 Å². The van der Waals surface area contributed by atoms with Crippen molar-refractivity contribution < 1.29 is 14.9 Å².